The molecule has 0 fully saturated rings. The van der Waals surface area contributed by atoms with Crippen LogP contribution in [0.2, 0.25) is 0 Å². The Balaban J connectivity index is 1.30. The molecule has 0 atom stereocenters. The van der Waals surface area contributed by atoms with E-state index in [1.165, 1.54) is 63.8 Å². The summed E-state index contributed by atoms with van der Waals surface area (Å²) in [6.45, 7) is 0. The van der Waals surface area contributed by atoms with Crippen molar-refractivity contribution in [1.29, 1.82) is 0 Å². The highest BCUT2D eigenvalue weighted by Crippen LogP contribution is 2.45. The van der Waals surface area contributed by atoms with Crippen molar-refractivity contribution in [3.05, 3.63) is 152 Å². The maximum Gasteiger partial charge on any atom is 0.0561 e. The zero-order valence-corrected chi connectivity index (χ0v) is 25.6. The molecule has 0 bridgehead atoms. The van der Waals surface area contributed by atoms with Gasteiger partial charge in [0.15, 0.2) is 0 Å². The minimum atomic E-state index is 0.743. The molecule has 0 saturated carbocycles. The zero-order valence-electron chi connectivity index (χ0n) is 24.8. The standard InChI is InChI=1S/C42H27N3S/c43-27-19-21-29(39(25-27)45-35-15-7-4-12-30(35)31-13-5-8-16-36(31)45)26-18-20-34-38(24-26)44(28-10-2-1-3-11-28)37-23-22-33-32-14-6-9-17-40(32)46-42(33)41(34)37/h1-25H,43H2. The first kappa shape index (κ1) is 25.5. The van der Waals surface area contributed by atoms with Gasteiger partial charge in [0.25, 0.3) is 0 Å². The van der Waals surface area contributed by atoms with Gasteiger partial charge in [-0.3, -0.25) is 0 Å². The lowest BCUT2D eigenvalue weighted by Crippen LogP contribution is -1.99. The van der Waals surface area contributed by atoms with Crippen LogP contribution in [0.15, 0.2) is 152 Å². The SMILES string of the molecule is Nc1ccc(-c2ccc3c4c5sc6ccccc6c5ccc4n(-c4ccccc4)c3c2)c(-n2c3ccccc3c3ccccc32)c1. The average Bonchev–Trinajstić information content (AvgIpc) is 3.76. The number of nitrogens with zero attached hydrogens (tertiary/aromatic N) is 2. The lowest BCUT2D eigenvalue weighted by molar-refractivity contribution is 1.18. The van der Waals surface area contributed by atoms with Crippen molar-refractivity contribution in [2.45, 2.75) is 0 Å². The molecule has 0 aliphatic rings. The molecule has 0 saturated heterocycles. The Labute approximate surface area is 269 Å². The van der Waals surface area contributed by atoms with E-state index in [0.717, 1.165) is 28.2 Å². The van der Waals surface area contributed by atoms with Crippen LogP contribution < -0.4 is 5.73 Å². The first-order chi connectivity index (χ1) is 22.7. The first-order valence-electron chi connectivity index (χ1n) is 15.6. The second kappa shape index (κ2) is 9.58. The van der Waals surface area contributed by atoms with E-state index in [9.17, 15) is 0 Å². The largest absolute Gasteiger partial charge is 0.399 e. The molecule has 216 valence electrons. The van der Waals surface area contributed by atoms with Crippen molar-refractivity contribution in [1.82, 2.24) is 9.13 Å². The molecule has 0 spiro atoms. The Morgan fingerprint density at radius 2 is 1.13 bits per heavy atom. The minimum absolute atomic E-state index is 0.743. The predicted molar refractivity (Wildman–Crippen MR) is 198 cm³/mol. The van der Waals surface area contributed by atoms with E-state index in [1.54, 1.807) is 0 Å². The quantitative estimate of drug-likeness (QED) is 0.200. The molecule has 7 aromatic carbocycles. The fraction of sp³-hybridized carbons (Fsp3) is 0. The van der Waals surface area contributed by atoms with Crippen molar-refractivity contribution in [3.63, 3.8) is 0 Å². The molecule has 0 aliphatic carbocycles. The monoisotopic (exact) mass is 605 g/mol. The summed E-state index contributed by atoms with van der Waals surface area (Å²) in [5, 5.41) is 7.67. The summed E-state index contributed by atoms with van der Waals surface area (Å²) in [6, 6.07) is 54.6. The Morgan fingerprint density at radius 1 is 0.457 bits per heavy atom. The van der Waals surface area contributed by atoms with Crippen LogP contribution in [0.1, 0.15) is 0 Å². The van der Waals surface area contributed by atoms with Gasteiger partial charge in [-0.15, -0.1) is 11.3 Å². The van der Waals surface area contributed by atoms with Gasteiger partial charge in [-0.05, 0) is 60.2 Å². The molecule has 0 unspecified atom stereocenters. The molecule has 10 aromatic rings. The molecule has 46 heavy (non-hydrogen) atoms. The fourth-order valence-electron chi connectivity index (χ4n) is 7.47. The molecule has 0 amide bonds. The summed E-state index contributed by atoms with van der Waals surface area (Å²) in [5.41, 5.74) is 16.5. The van der Waals surface area contributed by atoms with Gasteiger partial charge in [-0.1, -0.05) is 97.1 Å². The number of nitrogen functional groups attached to an aromatic ring is 1. The summed E-state index contributed by atoms with van der Waals surface area (Å²) in [6.07, 6.45) is 0. The third-order valence-electron chi connectivity index (χ3n) is 9.44. The summed E-state index contributed by atoms with van der Waals surface area (Å²) < 4.78 is 7.45. The molecule has 2 N–H and O–H groups in total. The Bertz CT molecular complexity index is 2760. The number of hydrogen-bond donors (Lipinski definition) is 1. The van der Waals surface area contributed by atoms with Crippen molar-refractivity contribution in [3.8, 4) is 22.5 Å². The maximum absolute atomic E-state index is 6.51. The molecule has 3 aromatic heterocycles. The Hall–Kier alpha value is -5.84. The molecule has 0 aliphatic heterocycles. The topological polar surface area (TPSA) is 35.9 Å². The minimum Gasteiger partial charge on any atom is -0.399 e. The van der Waals surface area contributed by atoms with E-state index >= 15 is 0 Å². The first-order valence-corrected chi connectivity index (χ1v) is 16.4. The normalized spacial score (nSPS) is 12.0. The summed E-state index contributed by atoms with van der Waals surface area (Å²) >= 11 is 1.89. The van der Waals surface area contributed by atoms with E-state index < -0.39 is 0 Å². The van der Waals surface area contributed by atoms with Crippen LogP contribution in [-0.4, -0.2) is 9.13 Å². The van der Waals surface area contributed by atoms with Crippen molar-refractivity contribution in [2.24, 2.45) is 0 Å². The van der Waals surface area contributed by atoms with E-state index in [4.69, 9.17) is 5.73 Å². The van der Waals surface area contributed by atoms with Crippen LogP contribution in [0.5, 0.6) is 0 Å². The molecule has 10 rings (SSSR count). The number of aromatic nitrogens is 2. The summed E-state index contributed by atoms with van der Waals surface area (Å²) in [4.78, 5) is 0. The van der Waals surface area contributed by atoms with Gasteiger partial charge in [0.05, 0.1) is 27.8 Å². The second-order valence-corrected chi connectivity index (χ2v) is 13.0. The maximum atomic E-state index is 6.51. The number of hydrogen-bond acceptors (Lipinski definition) is 2. The van der Waals surface area contributed by atoms with Gasteiger partial charge in [0.2, 0.25) is 0 Å². The van der Waals surface area contributed by atoms with E-state index in [0.29, 0.717) is 0 Å². The highest BCUT2D eigenvalue weighted by molar-refractivity contribution is 7.26. The number of para-hydroxylation sites is 3. The lowest BCUT2D eigenvalue weighted by Gasteiger charge is -2.16. The van der Waals surface area contributed by atoms with Gasteiger partial charge >= 0.3 is 0 Å². The predicted octanol–water partition coefficient (Wildman–Crippen LogP) is 11.5. The number of thiophene rings is 1. The van der Waals surface area contributed by atoms with E-state index in [2.05, 4.69) is 155 Å². The molecule has 4 heteroatoms. The van der Waals surface area contributed by atoms with Crippen molar-refractivity contribution in [2.75, 3.05) is 5.73 Å². The highest BCUT2D eigenvalue weighted by atomic mass is 32.1. The number of fused-ring (bicyclic) bond motifs is 10. The molecular formula is C42H27N3S. The van der Waals surface area contributed by atoms with Gasteiger partial charge in [0.1, 0.15) is 0 Å². The number of nitrogens with two attached hydrogens (primary N) is 1. The number of rotatable bonds is 3. The van der Waals surface area contributed by atoms with Crippen molar-refractivity contribution >= 4 is 80.8 Å². The third-order valence-corrected chi connectivity index (χ3v) is 10.6. The molecular weight excluding hydrogens is 579 g/mol. The van der Waals surface area contributed by atoms with E-state index in [1.807, 2.05) is 17.4 Å². The summed E-state index contributed by atoms with van der Waals surface area (Å²) in [7, 11) is 0. The van der Waals surface area contributed by atoms with E-state index in [-0.39, 0.29) is 0 Å². The van der Waals surface area contributed by atoms with Crippen LogP contribution in [0.25, 0.3) is 86.3 Å². The molecule has 3 heterocycles. The fourth-order valence-corrected chi connectivity index (χ4v) is 8.72. The van der Waals surface area contributed by atoms with Gasteiger partial charge in [-0.2, -0.15) is 0 Å². The van der Waals surface area contributed by atoms with Crippen LogP contribution in [0, 0.1) is 0 Å². The smallest absolute Gasteiger partial charge is 0.0561 e. The third kappa shape index (κ3) is 3.53. The van der Waals surface area contributed by atoms with Crippen LogP contribution in [0.3, 0.4) is 0 Å². The van der Waals surface area contributed by atoms with Crippen LogP contribution >= 0.6 is 11.3 Å². The Morgan fingerprint density at radius 3 is 1.91 bits per heavy atom. The molecule has 0 radical (unpaired) electrons. The van der Waals surface area contributed by atoms with Crippen LogP contribution in [0.4, 0.5) is 5.69 Å². The number of benzene rings is 7. The average molecular weight is 606 g/mol. The van der Waals surface area contributed by atoms with Gasteiger partial charge in [0, 0.05) is 58.7 Å². The highest BCUT2D eigenvalue weighted by Gasteiger charge is 2.20. The van der Waals surface area contributed by atoms with Crippen molar-refractivity contribution < 1.29 is 0 Å². The Kier molecular flexibility index (Phi) is 5.31. The zero-order chi connectivity index (χ0) is 30.4. The number of anilines is 1. The summed E-state index contributed by atoms with van der Waals surface area (Å²) in [5.74, 6) is 0. The van der Waals surface area contributed by atoms with Crippen LogP contribution in [-0.2, 0) is 0 Å². The van der Waals surface area contributed by atoms with Gasteiger partial charge < -0.3 is 14.9 Å². The van der Waals surface area contributed by atoms with Gasteiger partial charge in [-0.25, -0.2) is 0 Å². The second-order valence-electron chi connectivity index (χ2n) is 12.0. The lowest BCUT2D eigenvalue weighted by atomic mass is 10.0. The molecule has 3 nitrogen and oxygen atoms in total.